The molecule has 0 unspecified atom stereocenters. The third-order valence-electron chi connectivity index (χ3n) is 6.70. The average molecular weight is 461 g/mol. The van der Waals surface area contributed by atoms with Gasteiger partial charge in [0.05, 0.1) is 6.04 Å². The lowest BCUT2D eigenvalue weighted by molar-refractivity contribution is -0.235. The summed E-state index contributed by atoms with van der Waals surface area (Å²) in [5.74, 6) is -2.38. The van der Waals surface area contributed by atoms with Gasteiger partial charge in [0, 0.05) is 38.8 Å². The van der Waals surface area contributed by atoms with Crippen molar-refractivity contribution in [2.24, 2.45) is 0 Å². The smallest absolute Gasteiger partial charge is 0.303 e. The number of carbonyl (C=O) groups excluding carboxylic acids is 4. The molecule has 1 N–H and O–H groups in total. The van der Waals surface area contributed by atoms with Gasteiger partial charge in [0.1, 0.15) is 5.60 Å². The first-order valence-corrected chi connectivity index (χ1v) is 10.6. The summed E-state index contributed by atoms with van der Waals surface area (Å²) in [6.45, 7) is 3.69. The fourth-order valence-electron chi connectivity index (χ4n) is 5.66. The molecule has 2 fully saturated rings. The van der Waals surface area contributed by atoms with Crippen molar-refractivity contribution in [1.82, 2.24) is 4.90 Å². The van der Waals surface area contributed by atoms with Crippen LogP contribution in [-0.4, -0.2) is 77.1 Å². The number of hydrogen-bond donors (Lipinski definition) is 1. The molecule has 176 valence electrons. The number of fused-ring (bicyclic) bond motifs is 3. The Hall–Kier alpha value is -3.34. The Labute approximate surface area is 188 Å². The largest absolute Gasteiger partial charge is 0.458 e. The van der Waals surface area contributed by atoms with Crippen molar-refractivity contribution < 1.29 is 48.0 Å². The number of amides is 1. The highest BCUT2D eigenvalue weighted by Crippen LogP contribution is 2.55. The summed E-state index contributed by atoms with van der Waals surface area (Å²) < 4.78 is 27.5. The van der Waals surface area contributed by atoms with Crippen molar-refractivity contribution in [3.05, 3.63) is 23.3 Å². The van der Waals surface area contributed by atoms with E-state index in [-0.39, 0.29) is 25.7 Å². The Balaban J connectivity index is 1.73. The number of ether oxygens (including phenoxy) is 5. The van der Waals surface area contributed by atoms with Crippen LogP contribution in [0.5, 0.6) is 11.5 Å². The average Bonchev–Trinajstić information content (AvgIpc) is 3.33. The van der Waals surface area contributed by atoms with E-state index in [9.17, 15) is 24.3 Å². The van der Waals surface area contributed by atoms with Crippen LogP contribution in [0.25, 0.3) is 0 Å². The van der Waals surface area contributed by atoms with Crippen molar-refractivity contribution in [1.29, 1.82) is 0 Å². The fraction of sp³-hybridized carbons (Fsp3) is 0.545. The Bertz CT molecular complexity index is 1070. The summed E-state index contributed by atoms with van der Waals surface area (Å²) in [4.78, 5) is 51.0. The Kier molecular flexibility index (Phi) is 4.78. The molecule has 3 aliphatic heterocycles. The van der Waals surface area contributed by atoms with Gasteiger partial charge in [-0.3, -0.25) is 19.2 Å². The highest BCUT2D eigenvalue weighted by molar-refractivity contribution is 5.99. The molecule has 1 amide bonds. The molecule has 1 saturated heterocycles. The first-order chi connectivity index (χ1) is 15.6. The minimum atomic E-state index is -1.74. The molecule has 6 atom stereocenters. The monoisotopic (exact) mass is 461 g/mol. The topological polar surface area (TPSA) is 138 Å². The minimum Gasteiger partial charge on any atom is -0.458 e. The van der Waals surface area contributed by atoms with Gasteiger partial charge in [-0.25, -0.2) is 0 Å². The van der Waals surface area contributed by atoms with Gasteiger partial charge in [0.25, 0.3) is 5.91 Å². The van der Waals surface area contributed by atoms with Crippen molar-refractivity contribution in [2.45, 2.75) is 63.1 Å². The van der Waals surface area contributed by atoms with E-state index in [4.69, 9.17) is 23.7 Å². The molecule has 3 heterocycles. The van der Waals surface area contributed by atoms with Crippen LogP contribution >= 0.6 is 0 Å². The second-order valence-corrected chi connectivity index (χ2v) is 8.68. The number of hydrogen-bond acceptors (Lipinski definition) is 10. The van der Waals surface area contributed by atoms with E-state index >= 15 is 0 Å². The zero-order valence-corrected chi connectivity index (χ0v) is 18.2. The fourth-order valence-corrected chi connectivity index (χ4v) is 5.66. The zero-order chi connectivity index (χ0) is 23.7. The van der Waals surface area contributed by atoms with Gasteiger partial charge >= 0.3 is 17.9 Å². The van der Waals surface area contributed by atoms with Crippen LogP contribution in [0.2, 0.25) is 0 Å². The third kappa shape index (κ3) is 3.13. The van der Waals surface area contributed by atoms with Gasteiger partial charge in [-0.2, -0.15) is 0 Å². The minimum absolute atomic E-state index is 0.00780. The summed E-state index contributed by atoms with van der Waals surface area (Å²) >= 11 is 0. The van der Waals surface area contributed by atoms with Gasteiger partial charge in [-0.1, -0.05) is 0 Å². The second-order valence-electron chi connectivity index (χ2n) is 8.68. The molecule has 0 radical (unpaired) electrons. The van der Waals surface area contributed by atoms with Crippen LogP contribution < -0.4 is 9.47 Å². The first kappa shape index (κ1) is 21.5. The Morgan fingerprint density at radius 2 is 1.61 bits per heavy atom. The summed E-state index contributed by atoms with van der Waals surface area (Å²) in [7, 11) is 0. The van der Waals surface area contributed by atoms with Gasteiger partial charge in [0.2, 0.25) is 6.79 Å². The van der Waals surface area contributed by atoms with Gasteiger partial charge < -0.3 is 33.7 Å². The second kappa shape index (κ2) is 7.34. The van der Waals surface area contributed by atoms with E-state index in [0.717, 1.165) is 6.92 Å². The number of esters is 3. The number of nitrogens with zero attached hydrogens (tertiary/aromatic N) is 1. The van der Waals surface area contributed by atoms with Crippen LogP contribution in [0.4, 0.5) is 0 Å². The van der Waals surface area contributed by atoms with Gasteiger partial charge in [0.15, 0.2) is 29.8 Å². The Morgan fingerprint density at radius 1 is 1.00 bits per heavy atom. The molecule has 11 nitrogen and oxygen atoms in total. The number of aliphatic hydroxyl groups is 1. The van der Waals surface area contributed by atoms with Crippen LogP contribution in [0.1, 0.15) is 49.0 Å². The van der Waals surface area contributed by atoms with E-state index in [1.807, 2.05) is 0 Å². The lowest BCUT2D eigenvalue weighted by Gasteiger charge is -2.54. The lowest BCUT2D eigenvalue weighted by Crippen LogP contribution is -2.71. The number of rotatable bonds is 3. The molecule has 33 heavy (non-hydrogen) atoms. The van der Waals surface area contributed by atoms with E-state index in [2.05, 4.69) is 0 Å². The number of benzene rings is 1. The molecule has 0 aromatic heterocycles. The molecule has 1 aliphatic carbocycles. The summed E-state index contributed by atoms with van der Waals surface area (Å²) in [6.07, 6.45) is -3.72. The highest BCUT2D eigenvalue weighted by atomic mass is 16.7. The maximum Gasteiger partial charge on any atom is 0.303 e. The van der Waals surface area contributed by atoms with E-state index in [1.165, 1.54) is 18.7 Å². The quantitative estimate of drug-likeness (QED) is 0.493. The maximum atomic E-state index is 13.4. The van der Waals surface area contributed by atoms with Crippen LogP contribution in [-0.2, 0) is 28.6 Å². The summed E-state index contributed by atoms with van der Waals surface area (Å²) in [5, 5.41) is 11.8. The molecule has 11 heteroatoms. The summed E-state index contributed by atoms with van der Waals surface area (Å²) in [5.41, 5.74) is -0.957. The number of carbonyl (C=O) groups is 4. The van der Waals surface area contributed by atoms with Crippen molar-refractivity contribution in [2.75, 3.05) is 13.3 Å². The van der Waals surface area contributed by atoms with Crippen LogP contribution in [0.15, 0.2) is 12.1 Å². The lowest BCUT2D eigenvalue weighted by atomic mass is 9.64. The normalized spacial score (nSPS) is 33.2. The van der Waals surface area contributed by atoms with Gasteiger partial charge in [-0.15, -0.1) is 0 Å². The van der Waals surface area contributed by atoms with E-state index < -0.39 is 53.8 Å². The molecule has 0 spiro atoms. The predicted octanol–water partition coefficient (Wildman–Crippen LogP) is 0.267. The predicted molar refractivity (Wildman–Crippen MR) is 106 cm³/mol. The van der Waals surface area contributed by atoms with Crippen molar-refractivity contribution in [3.8, 4) is 11.5 Å². The molecule has 0 bridgehead atoms. The zero-order valence-electron chi connectivity index (χ0n) is 18.2. The molecular formula is C22H23NO10. The molecular weight excluding hydrogens is 438 g/mol. The molecule has 1 aromatic rings. The highest BCUT2D eigenvalue weighted by Gasteiger charge is 2.69. The Morgan fingerprint density at radius 3 is 2.24 bits per heavy atom. The summed E-state index contributed by atoms with van der Waals surface area (Å²) in [6, 6.07) is 2.31. The van der Waals surface area contributed by atoms with Crippen molar-refractivity contribution >= 4 is 23.8 Å². The van der Waals surface area contributed by atoms with Crippen LogP contribution in [0.3, 0.4) is 0 Å². The van der Waals surface area contributed by atoms with Crippen molar-refractivity contribution in [3.63, 3.8) is 0 Å². The maximum absolute atomic E-state index is 13.4. The molecule has 4 aliphatic rings. The SMILES string of the molecule is CC(=O)O[C@@H]1[C@@H](OC(C)=O)[C@H](OC(C)=O)[C@@]2(O)CCN3C(=O)c4cc5c(cc4[C@H]1[C@H]32)OCO5. The molecule has 5 rings (SSSR count). The van der Waals surface area contributed by atoms with Crippen LogP contribution in [0, 0.1) is 0 Å². The first-order valence-electron chi connectivity index (χ1n) is 10.6. The third-order valence-corrected chi connectivity index (χ3v) is 6.70. The standard InChI is InChI=1S/C22H23NO10/c1-9(24)31-17-16-12-6-14-15(30-8-29-14)7-13(12)21(27)23-5-4-22(28,19(16)23)20(33-11(3)26)18(17)32-10(2)25/h6-7,16-20,28H,4-5,8H2,1-3H3/t16-,17+,18-,19+,20+,22-/m1/s1. The van der Waals surface area contributed by atoms with E-state index in [0.29, 0.717) is 22.6 Å². The van der Waals surface area contributed by atoms with Gasteiger partial charge in [-0.05, 0) is 24.1 Å². The van der Waals surface area contributed by atoms with E-state index in [1.54, 1.807) is 12.1 Å². The molecule has 1 saturated carbocycles. The molecule has 1 aromatic carbocycles.